The number of halogens is 3. The van der Waals surface area contributed by atoms with Crippen LogP contribution in [-0.2, 0) is 4.79 Å². The van der Waals surface area contributed by atoms with E-state index >= 15 is 0 Å². The van der Waals surface area contributed by atoms with Crippen molar-refractivity contribution in [3.05, 3.63) is 29.8 Å². The van der Waals surface area contributed by atoms with Gasteiger partial charge in [0.2, 0.25) is 0 Å². The third-order valence-corrected chi connectivity index (χ3v) is 2.69. The summed E-state index contributed by atoms with van der Waals surface area (Å²) in [6.45, 7) is 0.585. The van der Waals surface area contributed by atoms with Crippen molar-refractivity contribution in [1.82, 2.24) is 5.32 Å². The molecule has 1 unspecified atom stereocenters. The summed E-state index contributed by atoms with van der Waals surface area (Å²) in [6, 6.07) is 5.37. The molecule has 8 heteroatoms. The number of rotatable bonds is 3. The Morgan fingerprint density at radius 1 is 1.15 bits per heavy atom. The summed E-state index contributed by atoms with van der Waals surface area (Å²) in [5.74, 6) is -1.72. The zero-order valence-electron chi connectivity index (χ0n) is 10.8. The number of amides is 2. The van der Waals surface area contributed by atoms with Gasteiger partial charge in [-0.05, 0) is 31.2 Å². The van der Waals surface area contributed by atoms with Gasteiger partial charge in [0.05, 0.1) is 0 Å². The van der Waals surface area contributed by atoms with Crippen LogP contribution in [0.15, 0.2) is 24.3 Å². The van der Waals surface area contributed by atoms with Gasteiger partial charge >= 0.3 is 6.18 Å². The quantitative estimate of drug-likeness (QED) is 0.783. The van der Waals surface area contributed by atoms with Crippen molar-refractivity contribution >= 4 is 17.5 Å². The standard InChI is InChI=1S/C12H14F3N3O2/c1-11(16,12(13,14)15)10(20)18-8-5-3-7(4-6-8)9(19)17-2/h3-6H,16H2,1-2H3,(H,17,19)(H,18,20). The minimum Gasteiger partial charge on any atom is -0.355 e. The van der Waals surface area contributed by atoms with Crippen LogP contribution in [0.1, 0.15) is 17.3 Å². The minimum absolute atomic E-state index is 0.114. The monoisotopic (exact) mass is 289 g/mol. The van der Waals surface area contributed by atoms with E-state index in [1.807, 2.05) is 0 Å². The topological polar surface area (TPSA) is 84.2 Å². The van der Waals surface area contributed by atoms with Crippen molar-refractivity contribution < 1.29 is 22.8 Å². The first-order chi connectivity index (χ1) is 9.09. The number of hydrogen-bond donors (Lipinski definition) is 3. The fourth-order valence-electron chi connectivity index (χ4n) is 1.24. The molecule has 1 rings (SSSR count). The first kappa shape index (κ1) is 16.0. The van der Waals surface area contributed by atoms with Gasteiger partial charge < -0.3 is 16.4 Å². The zero-order chi connectivity index (χ0) is 15.6. The molecule has 0 aliphatic heterocycles. The van der Waals surface area contributed by atoms with Crippen LogP contribution in [0.2, 0.25) is 0 Å². The van der Waals surface area contributed by atoms with Gasteiger partial charge in [0.15, 0.2) is 5.54 Å². The average molecular weight is 289 g/mol. The maximum absolute atomic E-state index is 12.6. The molecule has 0 saturated carbocycles. The van der Waals surface area contributed by atoms with E-state index in [-0.39, 0.29) is 11.6 Å². The summed E-state index contributed by atoms with van der Waals surface area (Å²) < 4.78 is 37.7. The molecule has 0 bridgehead atoms. The maximum Gasteiger partial charge on any atom is 0.415 e. The Labute approximate surface area is 113 Å². The van der Waals surface area contributed by atoms with E-state index in [1.165, 1.54) is 31.3 Å². The highest BCUT2D eigenvalue weighted by Gasteiger charge is 2.53. The molecule has 2 amide bonds. The van der Waals surface area contributed by atoms with Gasteiger partial charge in [-0.1, -0.05) is 0 Å². The molecule has 1 aromatic rings. The Bertz CT molecular complexity index is 510. The normalized spacial score (nSPS) is 14.3. The molecule has 5 nitrogen and oxygen atoms in total. The van der Waals surface area contributed by atoms with Gasteiger partial charge in [0, 0.05) is 18.3 Å². The predicted molar refractivity (Wildman–Crippen MR) is 67.1 cm³/mol. The number of alkyl halides is 3. The van der Waals surface area contributed by atoms with Gasteiger partial charge in [-0.25, -0.2) is 0 Å². The number of benzene rings is 1. The van der Waals surface area contributed by atoms with Crippen LogP contribution in [0.25, 0.3) is 0 Å². The molecule has 0 fully saturated rings. The lowest BCUT2D eigenvalue weighted by atomic mass is 10.0. The molecule has 0 aliphatic rings. The van der Waals surface area contributed by atoms with Crippen LogP contribution < -0.4 is 16.4 Å². The number of nitrogens with two attached hydrogens (primary N) is 1. The second-order valence-electron chi connectivity index (χ2n) is 4.31. The van der Waals surface area contributed by atoms with E-state index in [4.69, 9.17) is 5.73 Å². The Morgan fingerprint density at radius 3 is 2.05 bits per heavy atom. The summed E-state index contributed by atoms with van der Waals surface area (Å²) in [4.78, 5) is 22.8. The molecule has 0 saturated heterocycles. The van der Waals surface area contributed by atoms with Gasteiger partial charge in [-0.2, -0.15) is 13.2 Å². The Balaban J connectivity index is 2.85. The molecule has 4 N–H and O–H groups in total. The Kier molecular flexibility index (Phi) is 4.39. The largest absolute Gasteiger partial charge is 0.415 e. The van der Waals surface area contributed by atoms with E-state index in [1.54, 1.807) is 0 Å². The van der Waals surface area contributed by atoms with Crippen molar-refractivity contribution in [2.24, 2.45) is 5.73 Å². The summed E-state index contributed by atoms with van der Waals surface area (Å²) in [5, 5.41) is 4.45. The van der Waals surface area contributed by atoms with E-state index < -0.39 is 17.6 Å². The highest BCUT2D eigenvalue weighted by molar-refractivity contribution is 5.99. The Hall–Kier alpha value is -2.09. The van der Waals surface area contributed by atoms with Gasteiger partial charge in [0.25, 0.3) is 11.8 Å². The fourth-order valence-corrected chi connectivity index (χ4v) is 1.24. The predicted octanol–water partition coefficient (Wildman–Crippen LogP) is 1.26. The van der Waals surface area contributed by atoms with Crippen molar-refractivity contribution in [1.29, 1.82) is 0 Å². The number of carbonyl (C=O) groups is 2. The third kappa shape index (κ3) is 3.27. The molecular weight excluding hydrogens is 275 g/mol. The molecule has 0 heterocycles. The Morgan fingerprint density at radius 2 is 1.65 bits per heavy atom. The lowest BCUT2D eigenvalue weighted by molar-refractivity contribution is -0.184. The summed E-state index contributed by atoms with van der Waals surface area (Å²) >= 11 is 0. The highest BCUT2D eigenvalue weighted by atomic mass is 19.4. The second kappa shape index (κ2) is 5.49. The lowest BCUT2D eigenvalue weighted by Crippen LogP contribution is -2.59. The molecule has 0 aliphatic carbocycles. The number of nitrogens with one attached hydrogen (secondary N) is 2. The zero-order valence-corrected chi connectivity index (χ0v) is 10.8. The van der Waals surface area contributed by atoms with E-state index in [2.05, 4.69) is 10.6 Å². The van der Waals surface area contributed by atoms with Crippen LogP contribution in [-0.4, -0.2) is 30.6 Å². The number of hydrogen-bond acceptors (Lipinski definition) is 3. The fraction of sp³-hybridized carbons (Fsp3) is 0.333. The summed E-state index contributed by atoms with van der Waals surface area (Å²) in [7, 11) is 1.45. The average Bonchev–Trinajstić information content (AvgIpc) is 2.37. The van der Waals surface area contributed by atoms with E-state index in [0.717, 1.165) is 0 Å². The molecule has 1 atom stereocenters. The molecule has 0 aromatic heterocycles. The molecule has 0 radical (unpaired) electrons. The van der Waals surface area contributed by atoms with Crippen LogP contribution >= 0.6 is 0 Å². The van der Waals surface area contributed by atoms with Gasteiger partial charge in [-0.15, -0.1) is 0 Å². The van der Waals surface area contributed by atoms with Crippen LogP contribution in [0.3, 0.4) is 0 Å². The summed E-state index contributed by atoms with van der Waals surface area (Å²) in [6.07, 6.45) is -4.86. The van der Waals surface area contributed by atoms with Crippen LogP contribution in [0, 0.1) is 0 Å². The highest BCUT2D eigenvalue weighted by Crippen LogP contribution is 2.29. The second-order valence-corrected chi connectivity index (χ2v) is 4.31. The number of carbonyl (C=O) groups excluding carboxylic acids is 2. The van der Waals surface area contributed by atoms with Crippen LogP contribution in [0.5, 0.6) is 0 Å². The molecule has 1 aromatic carbocycles. The lowest BCUT2D eigenvalue weighted by Gasteiger charge is -2.26. The molecule has 110 valence electrons. The van der Waals surface area contributed by atoms with Gasteiger partial charge in [-0.3, -0.25) is 9.59 Å². The summed E-state index contributed by atoms with van der Waals surface area (Å²) in [5.41, 5.74) is 2.42. The number of anilines is 1. The smallest absolute Gasteiger partial charge is 0.355 e. The minimum atomic E-state index is -4.86. The molecule has 0 spiro atoms. The SMILES string of the molecule is CNC(=O)c1ccc(NC(=O)C(C)(N)C(F)(F)F)cc1. The first-order valence-electron chi connectivity index (χ1n) is 5.59. The molecule has 20 heavy (non-hydrogen) atoms. The van der Waals surface area contributed by atoms with Crippen molar-refractivity contribution in [3.8, 4) is 0 Å². The molecular formula is C12H14F3N3O2. The van der Waals surface area contributed by atoms with Crippen molar-refractivity contribution in [2.75, 3.05) is 12.4 Å². The van der Waals surface area contributed by atoms with Crippen molar-refractivity contribution in [2.45, 2.75) is 18.6 Å². The first-order valence-corrected chi connectivity index (χ1v) is 5.59. The maximum atomic E-state index is 12.6. The van der Waals surface area contributed by atoms with E-state index in [0.29, 0.717) is 12.5 Å². The van der Waals surface area contributed by atoms with Crippen LogP contribution in [0.4, 0.5) is 18.9 Å². The van der Waals surface area contributed by atoms with Crippen molar-refractivity contribution in [3.63, 3.8) is 0 Å². The van der Waals surface area contributed by atoms with E-state index in [9.17, 15) is 22.8 Å². The van der Waals surface area contributed by atoms with Gasteiger partial charge in [0.1, 0.15) is 0 Å². The third-order valence-electron chi connectivity index (χ3n) is 2.69.